The summed E-state index contributed by atoms with van der Waals surface area (Å²) in [4.78, 5) is 11.6. The van der Waals surface area contributed by atoms with E-state index in [4.69, 9.17) is 5.73 Å². The van der Waals surface area contributed by atoms with Crippen LogP contribution in [0, 0.1) is 22.7 Å². The molecule has 0 fully saturated rings. The Bertz CT molecular complexity index is 223. The van der Waals surface area contributed by atoms with Crippen LogP contribution in [0.3, 0.4) is 0 Å². The van der Waals surface area contributed by atoms with E-state index in [1.807, 2.05) is 0 Å². The monoisotopic (exact) mass is 213 g/mol. The minimum Gasteiger partial charge on any atom is -0.369 e. The summed E-state index contributed by atoms with van der Waals surface area (Å²) in [5.41, 5.74) is 5.64. The molecule has 0 rings (SSSR count). The Morgan fingerprint density at radius 3 is 1.73 bits per heavy atom. The van der Waals surface area contributed by atoms with E-state index in [2.05, 4.69) is 48.5 Å². The summed E-state index contributed by atoms with van der Waals surface area (Å²) in [5, 5.41) is 0. The van der Waals surface area contributed by atoms with Crippen molar-refractivity contribution in [3.8, 4) is 0 Å². The molecule has 0 spiro atoms. The second-order valence-electron chi connectivity index (χ2n) is 6.70. The summed E-state index contributed by atoms with van der Waals surface area (Å²) in [6.45, 7) is 15.0. The Morgan fingerprint density at radius 1 is 1.13 bits per heavy atom. The number of carbonyl (C=O) groups is 1. The Labute approximate surface area is 94.6 Å². The molecule has 0 aromatic rings. The summed E-state index contributed by atoms with van der Waals surface area (Å²) < 4.78 is 0. The van der Waals surface area contributed by atoms with E-state index in [1.165, 1.54) is 0 Å². The number of amides is 1. The van der Waals surface area contributed by atoms with Crippen molar-refractivity contribution in [2.45, 2.75) is 54.9 Å². The van der Waals surface area contributed by atoms with Crippen LogP contribution in [0.15, 0.2) is 0 Å². The van der Waals surface area contributed by atoms with Crippen LogP contribution in [0.25, 0.3) is 0 Å². The van der Waals surface area contributed by atoms with Gasteiger partial charge in [-0.15, -0.1) is 0 Å². The molecule has 0 saturated carbocycles. The minimum absolute atomic E-state index is 0.0287. The maximum Gasteiger partial charge on any atom is 0.221 e. The summed E-state index contributed by atoms with van der Waals surface area (Å²) in [5.74, 6) is 0.249. The van der Waals surface area contributed by atoms with E-state index in [1.54, 1.807) is 0 Å². The van der Waals surface area contributed by atoms with E-state index in [-0.39, 0.29) is 22.7 Å². The number of hydrogen-bond donors (Lipinski definition) is 1. The summed E-state index contributed by atoms with van der Waals surface area (Å²) in [7, 11) is 0. The van der Waals surface area contributed by atoms with Crippen molar-refractivity contribution in [3.63, 3.8) is 0 Å². The van der Waals surface area contributed by atoms with E-state index in [9.17, 15) is 4.79 Å². The molecule has 2 heteroatoms. The predicted octanol–water partition coefficient (Wildman–Crippen LogP) is 3.21. The fraction of sp³-hybridized carbons (Fsp3) is 0.923. The molecule has 1 amide bonds. The third-order valence-corrected chi connectivity index (χ3v) is 3.55. The Kier molecular flexibility index (Phi) is 4.38. The first-order valence-corrected chi connectivity index (χ1v) is 5.78. The summed E-state index contributed by atoms with van der Waals surface area (Å²) >= 11 is 0. The predicted molar refractivity (Wildman–Crippen MR) is 65.4 cm³/mol. The van der Waals surface area contributed by atoms with Crippen molar-refractivity contribution in [1.29, 1.82) is 0 Å². The van der Waals surface area contributed by atoms with Gasteiger partial charge in [0.05, 0.1) is 0 Å². The fourth-order valence-electron chi connectivity index (χ4n) is 1.75. The molecule has 0 aliphatic rings. The first kappa shape index (κ1) is 14.5. The molecular weight excluding hydrogens is 186 g/mol. The van der Waals surface area contributed by atoms with Gasteiger partial charge in [0.15, 0.2) is 0 Å². The van der Waals surface area contributed by atoms with Crippen molar-refractivity contribution in [2.24, 2.45) is 28.4 Å². The largest absolute Gasteiger partial charge is 0.369 e. The molecule has 0 aromatic carbocycles. The SMILES string of the molecule is CC(C)C(C)(C)C(CC(C)(C)C)C(N)=O. The van der Waals surface area contributed by atoms with Crippen LogP contribution in [-0.4, -0.2) is 5.91 Å². The van der Waals surface area contributed by atoms with Gasteiger partial charge in [-0.3, -0.25) is 4.79 Å². The van der Waals surface area contributed by atoms with Gasteiger partial charge in [-0.1, -0.05) is 48.5 Å². The van der Waals surface area contributed by atoms with Crippen LogP contribution >= 0.6 is 0 Å². The fourth-order valence-corrected chi connectivity index (χ4v) is 1.75. The third kappa shape index (κ3) is 4.23. The van der Waals surface area contributed by atoms with Crippen LogP contribution in [0.2, 0.25) is 0 Å². The zero-order valence-corrected chi connectivity index (χ0v) is 11.3. The molecule has 0 saturated heterocycles. The van der Waals surface area contributed by atoms with E-state index >= 15 is 0 Å². The molecule has 15 heavy (non-hydrogen) atoms. The average molecular weight is 213 g/mol. The molecule has 0 bridgehead atoms. The van der Waals surface area contributed by atoms with E-state index < -0.39 is 0 Å². The highest BCUT2D eigenvalue weighted by Gasteiger charge is 2.38. The van der Waals surface area contributed by atoms with Crippen LogP contribution in [0.1, 0.15) is 54.9 Å². The highest BCUT2D eigenvalue weighted by Crippen LogP contribution is 2.41. The van der Waals surface area contributed by atoms with Crippen LogP contribution < -0.4 is 5.73 Å². The lowest BCUT2D eigenvalue weighted by atomic mass is 9.65. The number of nitrogens with two attached hydrogens (primary N) is 1. The van der Waals surface area contributed by atoms with Gasteiger partial charge in [0.1, 0.15) is 0 Å². The third-order valence-electron chi connectivity index (χ3n) is 3.55. The van der Waals surface area contributed by atoms with Crippen LogP contribution in [0.5, 0.6) is 0 Å². The first-order chi connectivity index (χ1) is 6.48. The molecule has 2 N–H and O–H groups in total. The standard InChI is InChI=1S/C13H27NO/c1-9(2)13(6,7)10(11(14)15)8-12(3,4)5/h9-10H,8H2,1-7H3,(H2,14,15). The number of primary amides is 1. The van der Waals surface area contributed by atoms with Gasteiger partial charge in [-0.25, -0.2) is 0 Å². The average Bonchev–Trinajstić information content (AvgIpc) is 1.97. The van der Waals surface area contributed by atoms with E-state index in [0.717, 1.165) is 6.42 Å². The van der Waals surface area contributed by atoms with E-state index in [0.29, 0.717) is 5.92 Å². The van der Waals surface area contributed by atoms with Crippen LogP contribution in [0.4, 0.5) is 0 Å². The molecule has 0 heterocycles. The molecule has 1 unspecified atom stereocenters. The van der Waals surface area contributed by atoms with Crippen molar-refractivity contribution >= 4 is 5.91 Å². The van der Waals surface area contributed by atoms with Gasteiger partial charge >= 0.3 is 0 Å². The molecule has 90 valence electrons. The second-order valence-corrected chi connectivity index (χ2v) is 6.70. The van der Waals surface area contributed by atoms with Gasteiger partial charge in [-0.2, -0.15) is 0 Å². The van der Waals surface area contributed by atoms with Gasteiger partial charge < -0.3 is 5.73 Å². The molecule has 0 aromatic heterocycles. The molecule has 0 aliphatic carbocycles. The topological polar surface area (TPSA) is 43.1 Å². The second kappa shape index (κ2) is 4.54. The molecule has 1 atom stereocenters. The summed E-state index contributed by atoms with van der Waals surface area (Å²) in [6, 6.07) is 0. The Hall–Kier alpha value is -0.530. The lowest BCUT2D eigenvalue weighted by Gasteiger charge is -2.39. The lowest BCUT2D eigenvalue weighted by molar-refractivity contribution is -0.128. The highest BCUT2D eigenvalue weighted by molar-refractivity contribution is 5.77. The van der Waals surface area contributed by atoms with Crippen molar-refractivity contribution in [1.82, 2.24) is 0 Å². The highest BCUT2D eigenvalue weighted by atomic mass is 16.1. The molecular formula is C13H27NO. The maximum absolute atomic E-state index is 11.6. The normalized spacial score (nSPS) is 15.5. The summed E-state index contributed by atoms with van der Waals surface area (Å²) in [6.07, 6.45) is 0.855. The zero-order chi connectivity index (χ0) is 12.4. The van der Waals surface area contributed by atoms with Crippen molar-refractivity contribution in [2.75, 3.05) is 0 Å². The number of hydrogen-bond acceptors (Lipinski definition) is 1. The lowest BCUT2D eigenvalue weighted by Crippen LogP contribution is -2.41. The Balaban J connectivity index is 4.91. The van der Waals surface area contributed by atoms with Gasteiger partial charge in [-0.05, 0) is 23.2 Å². The smallest absolute Gasteiger partial charge is 0.221 e. The van der Waals surface area contributed by atoms with Crippen LogP contribution in [-0.2, 0) is 4.79 Å². The quantitative estimate of drug-likeness (QED) is 0.765. The maximum atomic E-state index is 11.6. The molecule has 0 aliphatic heterocycles. The molecule has 2 nitrogen and oxygen atoms in total. The number of rotatable bonds is 4. The number of carbonyl (C=O) groups excluding carboxylic acids is 1. The van der Waals surface area contributed by atoms with Gasteiger partial charge in [0.25, 0.3) is 0 Å². The van der Waals surface area contributed by atoms with Crippen molar-refractivity contribution in [3.05, 3.63) is 0 Å². The van der Waals surface area contributed by atoms with Crippen molar-refractivity contribution < 1.29 is 4.79 Å². The minimum atomic E-state index is -0.163. The zero-order valence-electron chi connectivity index (χ0n) is 11.3. The van der Waals surface area contributed by atoms with Gasteiger partial charge in [0.2, 0.25) is 5.91 Å². The van der Waals surface area contributed by atoms with Gasteiger partial charge in [0, 0.05) is 5.92 Å². The molecule has 0 radical (unpaired) electrons. The Morgan fingerprint density at radius 2 is 1.53 bits per heavy atom. The first-order valence-electron chi connectivity index (χ1n) is 5.78.